The van der Waals surface area contributed by atoms with Gasteiger partial charge in [0.25, 0.3) is 0 Å². The van der Waals surface area contributed by atoms with Gasteiger partial charge < -0.3 is 19.7 Å². The van der Waals surface area contributed by atoms with Crippen LogP contribution in [0.5, 0.6) is 5.75 Å². The predicted octanol–water partition coefficient (Wildman–Crippen LogP) is 3.77. The summed E-state index contributed by atoms with van der Waals surface area (Å²) < 4.78 is 11.1. The molecular formula is C17H23ClN2O3. The first-order valence-electron chi connectivity index (χ1n) is 8.16. The zero-order chi connectivity index (χ0) is 16.4. The second-order valence-electron chi connectivity index (χ2n) is 6.41. The first-order chi connectivity index (χ1) is 11.0. The lowest BCUT2D eigenvalue weighted by atomic mass is 10.1. The van der Waals surface area contributed by atoms with E-state index in [9.17, 15) is 4.79 Å². The Labute approximate surface area is 141 Å². The number of carbonyl (C=O) groups excluding carboxylic acids is 1. The van der Waals surface area contributed by atoms with E-state index in [2.05, 4.69) is 5.32 Å². The first kappa shape index (κ1) is 16.4. The molecule has 0 radical (unpaired) electrons. The molecule has 2 amide bonds. The third-order valence-electron chi connectivity index (χ3n) is 4.15. The molecule has 1 aliphatic heterocycles. The largest absolute Gasteiger partial charge is 0.491 e. The molecule has 6 heteroatoms. The van der Waals surface area contributed by atoms with Crippen LogP contribution >= 0.6 is 11.6 Å². The van der Waals surface area contributed by atoms with Crippen LogP contribution in [0.15, 0.2) is 18.2 Å². The highest BCUT2D eigenvalue weighted by molar-refractivity contribution is 6.33. The van der Waals surface area contributed by atoms with Crippen molar-refractivity contribution in [2.45, 2.75) is 38.8 Å². The average molecular weight is 339 g/mol. The van der Waals surface area contributed by atoms with E-state index >= 15 is 0 Å². The van der Waals surface area contributed by atoms with Gasteiger partial charge in [0.05, 0.1) is 36.1 Å². The van der Waals surface area contributed by atoms with Gasteiger partial charge in [0.1, 0.15) is 5.75 Å². The Bertz CT molecular complexity index is 575. The van der Waals surface area contributed by atoms with Gasteiger partial charge in [-0.2, -0.15) is 0 Å². The molecule has 1 N–H and O–H groups in total. The summed E-state index contributed by atoms with van der Waals surface area (Å²) in [7, 11) is 0. The van der Waals surface area contributed by atoms with E-state index in [-0.39, 0.29) is 18.2 Å². The number of amides is 2. The molecule has 126 valence electrons. The van der Waals surface area contributed by atoms with Crippen molar-refractivity contribution in [3.8, 4) is 5.75 Å². The topological polar surface area (TPSA) is 50.8 Å². The normalized spacial score (nSPS) is 21.4. The quantitative estimate of drug-likeness (QED) is 0.909. The lowest BCUT2D eigenvalue weighted by Crippen LogP contribution is -2.51. The summed E-state index contributed by atoms with van der Waals surface area (Å²) in [5.41, 5.74) is 0.605. The molecule has 1 atom stereocenters. The van der Waals surface area contributed by atoms with Gasteiger partial charge in [0.15, 0.2) is 0 Å². The fourth-order valence-corrected chi connectivity index (χ4v) is 3.09. The Morgan fingerprint density at radius 2 is 2.22 bits per heavy atom. The molecule has 1 saturated carbocycles. The minimum Gasteiger partial charge on any atom is -0.491 e. The predicted molar refractivity (Wildman–Crippen MR) is 90.3 cm³/mol. The van der Waals surface area contributed by atoms with Crippen LogP contribution in [0.3, 0.4) is 0 Å². The number of rotatable bonds is 4. The molecule has 2 aliphatic rings. The SMILES string of the molecule is CC(C)Oc1ccc(NC(=O)N2CCOC[C@H]2C2CC2)c(Cl)c1. The van der Waals surface area contributed by atoms with Gasteiger partial charge in [0.2, 0.25) is 0 Å². The van der Waals surface area contributed by atoms with Crippen LogP contribution < -0.4 is 10.1 Å². The summed E-state index contributed by atoms with van der Waals surface area (Å²) in [6.07, 6.45) is 2.44. The Morgan fingerprint density at radius 1 is 1.43 bits per heavy atom. The van der Waals surface area contributed by atoms with Gasteiger partial charge in [-0.25, -0.2) is 4.79 Å². The summed E-state index contributed by atoms with van der Waals surface area (Å²) in [4.78, 5) is 14.5. The number of ether oxygens (including phenoxy) is 2. The van der Waals surface area contributed by atoms with Crippen molar-refractivity contribution in [1.29, 1.82) is 0 Å². The van der Waals surface area contributed by atoms with Crippen molar-refractivity contribution < 1.29 is 14.3 Å². The van der Waals surface area contributed by atoms with Gasteiger partial charge in [-0.1, -0.05) is 11.6 Å². The molecule has 1 aromatic rings. The fourth-order valence-electron chi connectivity index (χ4n) is 2.88. The average Bonchev–Trinajstić information content (AvgIpc) is 3.34. The number of hydrogen-bond acceptors (Lipinski definition) is 3. The smallest absolute Gasteiger partial charge is 0.322 e. The standard InChI is InChI=1S/C17H23ClN2O3/c1-11(2)23-13-5-6-15(14(18)9-13)19-17(21)20-7-8-22-10-16(20)12-3-4-12/h5-6,9,11-12,16H,3-4,7-8,10H2,1-2H3,(H,19,21)/t16-/m0/s1. The minimum atomic E-state index is -0.107. The summed E-state index contributed by atoms with van der Waals surface area (Å²) in [5, 5.41) is 3.40. The molecule has 3 rings (SSSR count). The number of benzene rings is 1. The van der Waals surface area contributed by atoms with Crippen molar-refractivity contribution in [2.75, 3.05) is 25.1 Å². The third-order valence-corrected chi connectivity index (χ3v) is 4.46. The van der Waals surface area contributed by atoms with Gasteiger partial charge in [-0.05, 0) is 44.7 Å². The van der Waals surface area contributed by atoms with Crippen molar-refractivity contribution in [2.24, 2.45) is 5.92 Å². The van der Waals surface area contributed by atoms with E-state index in [1.807, 2.05) is 24.8 Å². The Morgan fingerprint density at radius 3 is 2.87 bits per heavy atom. The van der Waals surface area contributed by atoms with Crippen LogP contribution in [0.2, 0.25) is 5.02 Å². The van der Waals surface area contributed by atoms with Crippen LogP contribution in [0, 0.1) is 5.92 Å². The molecule has 1 aliphatic carbocycles. The summed E-state index contributed by atoms with van der Waals surface area (Å²) in [6, 6.07) is 5.41. The van der Waals surface area contributed by atoms with Crippen LogP contribution in [-0.2, 0) is 4.74 Å². The second kappa shape index (κ2) is 6.97. The fraction of sp³-hybridized carbons (Fsp3) is 0.588. The lowest BCUT2D eigenvalue weighted by molar-refractivity contribution is 0.00773. The monoisotopic (exact) mass is 338 g/mol. The maximum absolute atomic E-state index is 12.6. The maximum atomic E-state index is 12.6. The molecule has 5 nitrogen and oxygen atoms in total. The first-order valence-corrected chi connectivity index (χ1v) is 8.54. The van der Waals surface area contributed by atoms with Crippen LogP contribution in [0.4, 0.5) is 10.5 Å². The molecule has 1 heterocycles. The molecule has 0 unspecified atom stereocenters. The van der Waals surface area contributed by atoms with Crippen molar-refractivity contribution in [3.05, 3.63) is 23.2 Å². The van der Waals surface area contributed by atoms with Crippen LogP contribution in [0.25, 0.3) is 0 Å². The van der Waals surface area contributed by atoms with Crippen molar-refractivity contribution in [1.82, 2.24) is 4.90 Å². The highest BCUT2D eigenvalue weighted by Gasteiger charge is 2.39. The summed E-state index contributed by atoms with van der Waals surface area (Å²) in [5.74, 6) is 1.28. The highest BCUT2D eigenvalue weighted by atomic mass is 35.5. The minimum absolute atomic E-state index is 0.0826. The molecular weight excluding hydrogens is 316 g/mol. The van der Waals surface area contributed by atoms with E-state index in [1.54, 1.807) is 12.1 Å². The summed E-state index contributed by atoms with van der Waals surface area (Å²) >= 11 is 6.27. The zero-order valence-electron chi connectivity index (χ0n) is 13.5. The summed E-state index contributed by atoms with van der Waals surface area (Å²) in [6.45, 7) is 5.76. The molecule has 0 spiro atoms. The third kappa shape index (κ3) is 4.09. The molecule has 1 saturated heterocycles. The number of carbonyl (C=O) groups is 1. The number of urea groups is 1. The van der Waals surface area contributed by atoms with Gasteiger partial charge in [0, 0.05) is 12.6 Å². The molecule has 0 bridgehead atoms. The number of halogens is 1. The number of morpholine rings is 1. The molecule has 0 aromatic heterocycles. The van der Waals surface area contributed by atoms with Crippen LogP contribution in [-0.4, -0.2) is 42.8 Å². The second-order valence-corrected chi connectivity index (χ2v) is 6.82. The van der Waals surface area contributed by atoms with E-state index in [0.717, 1.165) is 0 Å². The van der Waals surface area contributed by atoms with Crippen LogP contribution in [0.1, 0.15) is 26.7 Å². The number of hydrogen-bond donors (Lipinski definition) is 1. The highest BCUT2D eigenvalue weighted by Crippen LogP contribution is 2.37. The van der Waals surface area contributed by atoms with E-state index < -0.39 is 0 Å². The lowest BCUT2D eigenvalue weighted by Gasteiger charge is -2.35. The van der Waals surface area contributed by atoms with Crippen molar-refractivity contribution >= 4 is 23.3 Å². The van der Waals surface area contributed by atoms with Gasteiger partial charge in [-0.15, -0.1) is 0 Å². The molecule has 2 fully saturated rings. The van der Waals surface area contributed by atoms with E-state index in [1.165, 1.54) is 12.8 Å². The maximum Gasteiger partial charge on any atom is 0.322 e. The zero-order valence-corrected chi connectivity index (χ0v) is 14.3. The number of anilines is 1. The van der Waals surface area contributed by atoms with Gasteiger partial charge in [-0.3, -0.25) is 0 Å². The van der Waals surface area contributed by atoms with E-state index in [0.29, 0.717) is 42.1 Å². The Hall–Kier alpha value is -1.46. The number of nitrogens with one attached hydrogen (secondary N) is 1. The Kier molecular flexibility index (Phi) is 4.97. The van der Waals surface area contributed by atoms with E-state index in [4.69, 9.17) is 21.1 Å². The number of nitrogens with zero attached hydrogens (tertiary/aromatic N) is 1. The molecule has 1 aromatic carbocycles. The Balaban J connectivity index is 1.67. The molecule has 23 heavy (non-hydrogen) atoms. The van der Waals surface area contributed by atoms with Crippen molar-refractivity contribution in [3.63, 3.8) is 0 Å². The van der Waals surface area contributed by atoms with Gasteiger partial charge >= 0.3 is 6.03 Å².